The molecule has 144 valence electrons. The Bertz CT molecular complexity index is 893. The predicted molar refractivity (Wildman–Crippen MR) is 106 cm³/mol. The number of anilines is 1. The number of aryl methyl sites for hydroxylation is 1. The molecular weight excluding hydrogens is 362 g/mol. The Balaban J connectivity index is 1.68. The molecule has 2 aromatic carbocycles. The third kappa shape index (κ3) is 4.87. The first-order valence-electron chi connectivity index (χ1n) is 9.06. The number of hydrogen-bond donors (Lipinski definition) is 3. The molecule has 0 saturated carbocycles. The molecule has 1 saturated heterocycles. The van der Waals surface area contributed by atoms with Crippen LogP contribution in [0.3, 0.4) is 0 Å². The van der Waals surface area contributed by atoms with E-state index < -0.39 is 10.0 Å². The van der Waals surface area contributed by atoms with Gasteiger partial charge in [0.1, 0.15) is 0 Å². The fourth-order valence-corrected chi connectivity index (χ4v) is 4.16. The van der Waals surface area contributed by atoms with Crippen molar-refractivity contribution < 1.29 is 13.2 Å². The molecule has 0 spiro atoms. The van der Waals surface area contributed by atoms with E-state index in [1.165, 1.54) is 12.1 Å². The second kappa shape index (κ2) is 8.10. The SMILES string of the molecule is Cc1ccc(NS(=O)(=O)c2ccc(C(=O)NC3CCNCC3C)cc2)cc1. The first-order chi connectivity index (χ1) is 12.8. The average Bonchev–Trinajstić information content (AvgIpc) is 2.65. The van der Waals surface area contributed by atoms with Gasteiger partial charge in [0.25, 0.3) is 15.9 Å². The lowest BCUT2D eigenvalue weighted by atomic mass is 9.95. The summed E-state index contributed by atoms with van der Waals surface area (Å²) in [6.07, 6.45) is 0.889. The van der Waals surface area contributed by atoms with Gasteiger partial charge in [-0.1, -0.05) is 24.6 Å². The van der Waals surface area contributed by atoms with E-state index in [1.54, 1.807) is 24.3 Å². The zero-order valence-electron chi connectivity index (χ0n) is 15.5. The first-order valence-corrected chi connectivity index (χ1v) is 10.5. The van der Waals surface area contributed by atoms with E-state index in [-0.39, 0.29) is 16.8 Å². The summed E-state index contributed by atoms with van der Waals surface area (Å²) in [5.74, 6) is 0.185. The van der Waals surface area contributed by atoms with Crippen LogP contribution in [0.25, 0.3) is 0 Å². The summed E-state index contributed by atoms with van der Waals surface area (Å²) in [7, 11) is -3.69. The van der Waals surface area contributed by atoms with Crippen LogP contribution in [0.2, 0.25) is 0 Å². The Morgan fingerprint density at radius 1 is 1.07 bits per heavy atom. The number of carbonyl (C=O) groups excluding carboxylic acids is 1. The lowest BCUT2D eigenvalue weighted by molar-refractivity contribution is 0.0914. The van der Waals surface area contributed by atoms with Crippen LogP contribution in [-0.2, 0) is 10.0 Å². The van der Waals surface area contributed by atoms with Gasteiger partial charge in [-0.05, 0) is 68.8 Å². The van der Waals surface area contributed by atoms with Gasteiger partial charge < -0.3 is 10.6 Å². The number of nitrogens with one attached hydrogen (secondary N) is 3. The van der Waals surface area contributed by atoms with Gasteiger partial charge >= 0.3 is 0 Å². The van der Waals surface area contributed by atoms with Crippen molar-refractivity contribution in [3.05, 3.63) is 59.7 Å². The Morgan fingerprint density at radius 3 is 2.37 bits per heavy atom. The quantitative estimate of drug-likeness (QED) is 0.736. The highest BCUT2D eigenvalue weighted by atomic mass is 32.2. The Labute approximate surface area is 160 Å². The van der Waals surface area contributed by atoms with Gasteiger partial charge in [-0.2, -0.15) is 0 Å². The molecule has 6 nitrogen and oxygen atoms in total. The topological polar surface area (TPSA) is 87.3 Å². The highest BCUT2D eigenvalue weighted by Gasteiger charge is 2.23. The molecule has 3 N–H and O–H groups in total. The molecule has 3 rings (SSSR count). The van der Waals surface area contributed by atoms with Gasteiger partial charge in [-0.3, -0.25) is 9.52 Å². The molecule has 1 amide bonds. The van der Waals surface area contributed by atoms with Crippen molar-refractivity contribution in [1.82, 2.24) is 10.6 Å². The van der Waals surface area contributed by atoms with Gasteiger partial charge in [-0.15, -0.1) is 0 Å². The van der Waals surface area contributed by atoms with Crippen molar-refractivity contribution in [2.24, 2.45) is 5.92 Å². The van der Waals surface area contributed by atoms with Crippen LogP contribution < -0.4 is 15.4 Å². The molecule has 2 atom stereocenters. The molecule has 1 aliphatic rings. The lowest BCUT2D eigenvalue weighted by Gasteiger charge is -2.30. The van der Waals surface area contributed by atoms with Crippen molar-refractivity contribution >= 4 is 21.6 Å². The Kier molecular flexibility index (Phi) is 5.82. The highest BCUT2D eigenvalue weighted by molar-refractivity contribution is 7.92. The minimum atomic E-state index is -3.69. The van der Waals surface area contributed by atoms with Crippen molar-refractivity contribution in [2.45, 2.75) is 31.2 Å². The van der Waals surface area contributed by atoms with Crippen molar-refractivity contribution in [1.29, 1.82) is 0 Å². The summed E-state index contributed by atoms with van der Waals surface area (Å²) in [4.78, 5) is 12.6. The van der Waals surface area contributed by atoms with Gasteiger partial charge in [0.15, 0.2) is 0 Å². The Hall–Kier alpha value is -2.38. The zero-order valence-corrected chi connectivity index (χ0v) is 16.3. The second-order valence-electron chi connectivity index (χ2n) is 7.05. The second-order valence-corrected chi connectivity index (χ2v) is 8.73. The minimum absolute atomic E-state index is 0.120. The van der Waals surface area contributed by atoms with E-state index >= 15 is 0 Å². The molecular formula is C20H25N3O3S. The zero-order chi connectivity index (χ0) is 19.4. The van der Waals surface area contributed by atoms with Crippen LogP contribution in [0, 0.1) is 12.8 Å². The van der Waals surface area contributed by atoms with Crippen LogP contribution in [0.15, 0.2) is 53.4 Å². The number of hydrogen-bond acceptors (Lipinski definition) is 4. The Morgan fingerprint density at radius 2 is 1.74 bits per heavy atom. The molecule has 27 heavy (non-hydrogen) atoms. The molecule has 0 radical (unpaired) electrons. The van der Waals surface area contributed by atoms with Crippen LogP contribution >= 0.6 is 0 Å². The van der Waals surface area contributed by atoms with Crippen LogP contribution in [-0.4, -0.2) is 33.5 Å². The molecule has 0 aromatic heterocycles. The average molecular weight is 388 g/mol. The third-order valence-electron chi connectivity index (χ3n) is 4.83. The largest absolute Gasteiger partial charge is 0.349 e. The fraction of sp³-hybridized carbons (Fsp3) is 0.350. The fourth-order valence-electron chi connectivity index (χ4n) is 3.10. The normalized spacial score (nSPS) is 20.1. The lowest BCUT2D eigenvalue weighted by Crippen LogP contribution is -2.48. The minimum Gasteiger partial charge on any atom is -0.349 e. The smallest absolute Gasteiger partial charge is 0.261 e. The number of sulfonamides is 1. The van der Waals surface area contributed by atoms with Crippen molar-refractivity contribution in [2.75, 3.05) is 17.8 Å². The van der Waals surface area contributed by atoms with Gasteiger partial charge in [0.05, 0.1) is 4.90 Å². The number of carbonyl (C=O) groups is 1. The molecule has 1 heterocycles. The van der Waals surface area contributed by atoms with Crippen molar-refractivity contribution in [3.63, 3.8) is 0 Å². The maximum atomic E-state index is 12.5. The van der Waals surface area contributed by atoms with Gasteiger partial charge in [0.2, 0.25) is 0 Å². The maximum Gasteiger partial charge on any atom is 0.261 e. The predicted octanol–water partition coefficient (Wildman–Crippen LogP) is 2.52. The maximum absolute atomic E-state index is 12.5. The molecule has 7 heteroatoms. The molecule has 1 aliphatic heterocycles. The van der Waals surface area contributed by atoms with E-state index in [9.17, 15) is 13.2 Å². The van der Waals surface area contributed by atoms with E-state index in [4.69, 9.17) is 0 Å². The first kappa shape index (κ1) is 19.4. The summed E-state index contributed by atoms with van der Waals surface area (Å²) < 4.78 is 27.6. The summed E-state index contributed by atoms with van der Waals surface area (Å²) in [6, 6.07) is 13.2. The summed E-state index contributed by atoms with van der Waals surface area (Å²) in [6.45, 7) is 5.81. The van der Waals surface area contributed by atoms with E-state index in [2.05, 4.69) is 22.3 Å². The molecule has 0 aliphatic carbocycles. The molecule has 0 bridgehead atoms. The van der Waals surface area contributed by atoms with Crippen LogP contribution in [0.1, 0.15) is 29.3 Å². The van der Waals surface area contributed by atoms with E-state index in [0.29, 0.717) is 17.2 Å². The number of amides is 1. The molecule has 2 unspecified atom stereocenters. The third-order valence-corrected chi connectivity index (χ3v) is 6.23. The highest BCUT2D eigenvalue weighted by Crippen LogP contribution is 2.18. The summed E-state index contributed by atoms with van der Waals surface area (Å²) in [5, 5.41) is 6.34. The van der Waals surface area contributed by atoms with Gasteiger partial charge in [0, 0.05) is 17.3 Å². The number of benzene rings is 2. The standard InChI is InChI=1S/C20H25N3O3S/c1-14-3-7-17(8-4-14)23-27(25,26)18-9-5-16(6-10-18)20(24)22-19-11-12-21-13-15(19)2/h3-10,15,19,21,23H,11-13H2,1-2H3,(H,22,24). The monoisotopic (exact) mass is 387 g/mol. The van der Waals surface area contributed by atoms with Crippen molar-refractivity contribution in [3.8, 4) is 0 Å². The molecule has 1 fully saturated rings. The summed E-state index contributed by atoms with van der Waals surface area (Å²) in [5.41, 5.74) is 2.01. The summed E-state index contributed by atoms with van der Waals surface area (Å²) >= 11 is 0. The van der Waals surface area contributed by atoms with Crippen LogP contribution in [0.5, 0.6) is 0 Å². The van der Waals surface area contributed by atoms with Crippen LogP contribution in [0.4, 0.5) is 5.69 Å². The molecule has 2 aromatic rings. The number of rotatable bonds is 5. The number of piperidine rings is 1. The van der Waals surface area contributed by atoms with E-state index in [1.807, 2.05) is 19.1 Å². The van der Waals surface area contributed by atoms with Gasteiger partial charge in [-0.25, -0.2) is 8.42 Å². The van der Waals surface area contributed by atoms with E-state index in [0.717, 1.165) is 25.1 Å².